The molecule has 0 fully saturated rings. The van der Waals surface area contributed by atoms with Crippen molar-refractivity contribution in [1.29, 1.82) is 0 Å². The minimum atomic E-state index is -4.96. The van der Waals surface area contributed by atoms with E-state index in [1.165, 1.54) is 218 Å². The fourth-order valence-corrected chi connectivity index (χ4v) is 13.3. The second-order valence-corrected chi connectivity index (χ2v) is 30.8. The largest absolute Gasteiger partial charge is 0.472 e. The van der Waals surface area contributed by atoms with Crippen LogP contribution in [0.5, 0.6) is 0 Å². The standard InChI is InChI=1S/C76H148O17P2/c1-6-9-12-15-18-21-24-27-29-31-33-36-39-42-45-52-57-62-75(80)92-71(65-86-73(78)59-54-49-43-40-37-35-32-30-28-25-22-19-16-13-10-7-2)67-90-94(82,83)88-63-70(77)64-89-95(84,85)91-68-72(66-87-74(79)60-55-50-47-46-48-53-58-69(4)5)93-76(81)61-56-51-44-41-38-34-26-23-20-17-14-11-8-3/h69-72,77H,6-68H2,1-5H3,(H,82,83)(H,84,85)/t70-,71-,72-/m1/s1. The molecule has 564 valence electrons. The molecule has 0 radical (unpaired) electrons. The topological polar surface area (TPSA) is 237 Å². The number of carbonyl (C=O) groups excluding carboxylic acids is 4. The summed E-state index contributed by atoms with van der Waals surface area (Å²) in [7, 11) is -9.91. The van der Waals surface area contributed by atoms with Crippen molar-refractivity contribution in [2.75, 3.05) is 39.6 Å². The van der Waals surface area contributed by atoms with E-state index in [-0.39, 0.29) is 25.7 Å². The first kappa shape index (κ1) is 93.1. The van der Waals surface area contributed by atoms with E-state index in [1.54, 1.807) is 0 Å². The minimum absolute atomic E-state index is 0.107. The second kappa shape index (κ2) is 69.2. The zero-order chi connectivity index (χ0) is 69.8. The molecule has 0 aromatic rings. The third-order valence-corrected chi connectivity index (χ3v) is 19.7. The van der Waals surface area contributed by atoms with Crippen LogP contribution in [0.25, 0.3) is 0 Å². The van der Waals surface area contributed by atoms with Gasteiger partial charge in [0.1, 0.15) is 19.3 Å². The number of carbonyl (C=O) groups is 4. The van der Waals surface area contributed by atoms with Gasteiger partial charge in [0.2, 0.25) is 0 Å². The van der Waals surface area contributed by atoms with E-state index in [9.17, 15) is 43.2 Å². The van der Waals surface area contributed by atoms with Gasteiger partial charge in [-0.1, -0.05) is 349 Å². The Balaban J connectivity index is 5.23. The summed E-state index contributed by atoms with van der Waals surface area (Å²) >= 11 is 0. The predicted molar refractivity (Wildman–Crippen MR) is 386 cm³/mol. The van der Waals surface area contributed by atoms with Gasteiger partial charge in [-0.2, -0.15) is 0 Å². The summed E-state index contributed by atoms with van der Waals surface area (Å²) in [5.74, 6) is -1.43. The molecule has 0 amide bonds. The Morgan fingerprint density at radius 1 is 0.284 bits per heavy atom. The number of aliphatic hydroxyl groups excluding tert-OH is 1. The van der Waals surface area contributed by atoms with Crippen LogP contribution < -0.4 is 0 Å². The summed E-state index contributed by atoms with van der Waals surface area (Å²) in [6.45, 7) is 7.22. The average Bonchev–Trinajstić information content (AvgIpc) is 3.26. The van der Waals surface area contributed by atoms with Crippen molar-refractivity contribution in [1.82, 2.24) is 0 Å². The van der Waals surface area contributed by atoms with E-state index in [4.69, 9.17) is 37.0 Å². The van der Waals surface area contributed by atoms with E-state index in [0.29, 0.717) is 31.6 Å². The zero-order valence-corrected chi connectivity index (χ0v) is 63.6. The van der Waals surface area contributed by atoms with Gasteiger partial charge in [0.25, 0.3) is 0 Å². The maximum absolute atomic E-state index is 13.1. The first-order valence-electron chi connectivity index (χ1n) is 39.6. The predicted octanol–water partition coefficient (Wildman–Crippen LogP) is 22.5. The summed E-state index contributed by atoms with van der Waals surface area (Å²) in [6.07, 6.45) is 58.3. The van der Waals surface area contributed by atoms with E-state index in [0.717, 1.165) is 96.3 Å². The van der Waals surface area contributed by atoms with Crippen LogP contribution in [0, 0.1) is 5.92 Å². The number of unbranched alkanes of at least 4 members (excludes halogenated alkanes) is 48. The van der Waals surface area contributed by atoms with Crippen LogP contribution in [0.3, 0.4) is 0 Å². The maximum Gasteiger partial charge on any atom is 0.472 e. The highest BCUT2D eigenvalue weighted by atomic mass is 31.2. The number of phosphoric acid groups is 2. The summed E-state index contributed by atoms with van der Waals surface area (Å²) in [4.78, 5) is 72.8. The van der Waals surface area contributed by atoms with Crippen molar-refractivity contribution < 1.29 is 80.2 Å². The van der Waals surface area contributed by atoms with Crippen LogP contribution >= 0.6 is 15.6 Å². The van der Waals surface area contributed by atoms with Crippen molar-refractivity contribution in [2.45, 2.75) is 419 Å². The van der Waals surface area contributed by atoms with E-state index in [1.807, 2.05) is 0 Å². The van der Waals surface area contributed by atoms with E-state index >= 15 is 0 Å². The molecule has 0 aliphatic carbocycles. The number of hydrogen-bond acceptors (Lipinski definition) is 15. The SMILES string of the molecule is CCCCCCCCCCCCCCCCCCCC(=O)O[C@H](COC(=O)CCCCCCCCCCCCCCCCCC)COP(=O)(O)OC[C@@H](O)COP(=O)(O)OC[C@@H](COC(=O)CCCCCCCCC(C)C)OC(=O)CCCCCCCCCCCCCCC. The van der Waals surface area contributed by atoms with E-state index < -0.39 is 97.5 Å². The monoisotopic (exact) mass is 1400 g/mol. The third kappa shape index (κ3) is 70.3. The van der Waals surface area contributed by atoms with Crippen LogP contribution in [-0.4, -0.2) is 96.7 Å². The van der Waals surface area contributed by atoms with Crippen molar-refractivity contribution in [2.24, 2.45) is 5.92 Å². The lowest BCUT2D eigenvalue weighted by Crippen LogP contribution is -2.30. The highest BCUT2D eigenvalue weighted by Crippen LogP contribution is 2.45. The quantitative estimate of drug-likeness (QED) is 0.0222. The second-order valence-electron chi connectivity index (χ2n) is 27.9. The number of rotatable bonds is 76. The molecule has 0 saturated carbocycles. The van der Waals surface area contributed by atoms with Crippen molar-refractivity contribution >= 4 is 39.5 Å². The lowest BCUT2D eigenvalue weighted by atomic mass is 10.0. The molecular formula is C76H148O17P2. The van der Waals surface area contributed by atoms with Crippen LogP contribution in [0.2, 0.25) is 0 Å². The number of aliphatic hydroxyl groups is 1. The van der Waals surface area contributed by atoms with Crippen LogP contribution in [0.15, 0.2) is 0 Å². The van der Waals surface area contributed by atoms with Gasteiger partial charge in [0.05, 0.1) is 26.4 Å². The highest BCUT2D eigenvalue weighted by molar-refractivity contribution is 7.47. The molecule has 0 spiro atoms. The Labute approximate surface area is 581 Å². The molecule has 0 aliphatic heterocycles. The lowest BCUT2D eigenvalue weighted by Gasteiger charge is -2.21. The molecule has 0 aliphatic rings. The Morgan fingerprint density at radius 2 is 0.484 bits per heavy atom. The first-order chi connectivity index (χ1) is 46.0. The molecule has 0 saturated heterocycles. The zero-order valence-electron chi connectivity index (χ0n) is 61.8. The fourth-order valence-electron chi connectivity index (χ4n) is 11.7. The summed E-state index contributed by atoms with van der Waals surface area (Å²) in [6, 6.07) is 0. The first-order valence-corrected chi connectivity index (χ1v) is 42.6. The van der Waals surface area contributed by atoms with Crippen LogP contribution in [0.1, 0.15) is 401 Å². The van der Waals surface area contributed by atoms with Gasteiger partial charge in [-0.15, -0.1) is 0 Å². The van der Waals surface area contributed by atoms with Crippen molar-refractivity contribution in [3.63, 3.8) is 0 Å². The lowest BCUT2D eigenvalue weighted by molar-refractivity contribution is -0.161. The summed E-state index contributed by atoms with van der Waals surface area (Å²) in [5.41, 5.74) is 0. The van der Waals surface area contributed by atoms with Gasteiger partial charge in [0, 0.05) is 25.7 Å². The van der Waals surface area contributed by atoms with Crippen molar-refractivity contribution in [3.05, 3.63) is 0 Å². The van der Waals surface area contributed by atoms with Gasteiger partial charge in [-0.3, -0.25) is 37.3 Å². The number of hydrogen-bond donors (Lipinski definition) is 3. The number of phosphoric ester groups is 2. The molecule has 0 aromatic heterocycles. The van der Waals surface area contributed by atoms with Gasteiger partial charge in [0.15, 0.2) is 12.2 Å². The Bertz CT molecular complexity index is 1820. The molecule has 19 heteroatoms. The molecule has 0 bridgehead atoms. The van der Waals surface area contributed by atoms with Crippen molar-refractivity contribution in [3.8, 4) is 0 Å². The number of ether oxygens (including phenoxy) is 4. The van der Waals surface area contributed by atoms with Gasteiger partial charge < -0.3 is 33.8 Å². The molecule has 17 nitrogen and oxygen atoms in total. The molecule has 95 heavy (non-hydrogen) atoms. The van der Waals surface area contributed by atoms with Crippen LogP contribution in [0.4, 0.5) is 0 Å². The van der Waals surface area contributed by atoms with Gasteiger partial charge >= 0.3 is 39.5 Å². The summed E-state index contributed by atoms with van der Waals surface area (Å²) < 4.78 is 68.5. The molecule has 0 heterocycles. The minimum Gasteiger partial charge on any atom is -0.462 e. The highest BCUT2D eigenvalue weighted by Gasteiger charge is 2.30. The van der Waals surface area contributed by atoms with E-state index in [2.05, 4.69) is 34.6 Å². The maximum atomic E-state index is 13.1. The Morgan fingerprint density at radius 3 is 0.716 bits per heavy atom. The van der Waals surface area contributed by atoms with Crippen LogP contribution in [-0.2, 0) is 65.4 Å². The Hall–Kier alpha value is -1.94. The fraction of sp³-hybridized carbons (Fsp3) is 0.947. The smallest absolute Gasteiger partial charge is 0.462 e. The van der Waals surface area contributed by atoms with Gasteiger partial charge in [-0.05, 0) is 31.6 Å². The molecule has 0 rings (SSSR count). The number of esters is 4. The normalized spacial score (nSPS) is 13.9. The summed E-state index contributed by atoms with van der Waals surface area (Å²) in [5, 5.41) is 10.6. The Kier molecular flexibility index (Phi) is 67.7. The van der Waals surface area contributed by atoms with Gasteiger partial charge in [-0.25, -0.2) is 9.13 Å². The molecular weight excluding hydrogens is 1250 g/mol. The molecule has 5 atom stereocenters. The molecule has 0 aromatic carbocycles. The molecule has 2 unspecified atom stereocenters. The molecule has 3 N–H and O–H groups in total. The average molecular weight is 1400 g/mol. The third-order valence-electron chi connectivity index (χ3n) is 17.8.